The Bertz CT molecular complexity index is 2300. The Morgan fingerprint density at radius 1 is 0.478 bits per heavy atom. The average molecular weight is 588 g/mol. The van der Waals surface area contributed by atoms with Crippen LogP contribution in [0.15, 0.2) is 176 Å². The molecule has 9 rings (SSSR count). The quantitative estimate of drug-likeness (QED) is 0.201. The van der Waals surface area contributed by atoms with Crippen molar-refractivity contribution in [2.24, 2.45) is 0 Å². The molecule has 0 fully saturated rings. The summed E-state index contributed by atoms with van der Waals surface area (Å²) in [6.07, 6.45) is 3.89. The Hall–Kier alpha value is -6.06. The van der Waals surface area contributed by atoms with E-state index in [-0.39, 0.29) is 0 Å². The molecule has 0 unspecified atom stereocenters. The van der Waals surface area contributed by atoms with E-state index in [4.69, 9.17) is 4.98 Å². The van der Waals surface area contributed by atoms with Crippen LogP contribution in [0.3, 0.4) is 0 Å². The summed E-state index contributed by atoms with van der Waals surface area (Å²) in [5, 5.41) is 0. The highest BCUT2D eigenvalue weighted by atomic mass is 15.0. The van der Waals surface area contributed by atoms with E-state index in [0.29, 0.717) is 0 Å². The van der Waals surface area contributed by atoms with E-state index in [1.807, 2.05) is 30.5 Å². The van der Waals surface area contributed by atoms with E-state index in [1.165, 1.54) is 44.5 Å². The Morgan fingerprint density at radius 3 is 1.85 bits per heavy atom. The molecule has 3 heterocycles. The van der Waals surface area contributed by atoms with Gasteiger partial charge in [0.1, 0.15) is 11.5 Å². The SMILES string of the molecule is c1ccc(C2(c3ccccc3)c3ccccc3-c3c(-c4ccc(-c5nc(-c6ccccn6)c6ccccn56)cc4)cccc32)cc1. The minimum absolute atomic E-state index is 0.416. The lowest BCUT2D eigenvalue weighted by atomic mass is 9.67. The molecule has 3 nitrogen and oxygen atoms in total. The van der Waals surface area contributed by atoms with Crippen molar-refractivity contribution in [3.8, 4) is 45.0 Å². The van der Waals surface area contributed by atoms with Crippen molar-refractivity contribution < 1.29 is 0 Å². The number of fused-ring (bicyclic) bond motifs is 4. The lowest BCUT2D eigenvalue weighted by Crippen LogP contribution is -2.28. The molecule has 0 aliphatic heterocycles. The molecular weight excluding hydrogens is 558 g/mol. The Labute approximate surface area is 268 Å². The zero-order valence-corrected chi connectivity index (χ0v) is 25.1. The Morgan fingerprint density at radius 2 is 1.11 bits per heavy atom. The largest absolute Gasteiger partial charge is 0.299 e. The molecule has 0 saturated heterocycles. The topological polar surface area (TPSA) is 30.2 Å². The van der Waals surface area contributed by atoms with E-state index in [9.17, 15) is 0 Å². The fraction of sp³-hybridized carbons (Fsp3) is 0.0233. The van der Waals surface area contributed by atoms with Gasteiger partial charge in [0.25, 0.3) is 0 Å². The normalized spacial score (nSPS) is 13.0. The van der Waals surface area contributed by atoms with Gasteiger partial charge in [-0.25, -0.2) is 4.98 Å². The number of aromatic nitrogens is 3. The highest BCUT2D eigenvalue weighted by Crippen LogP contribution is 2.58. The smallest absolute Gasteiger partial charge is 0.145 e. The third-order valence-corrected chi connectivity index (χ3v) is 9.39. The molecule has 0 spiro atoms. The van der Waals surface area contributed by atoms with Crippen LogP contribution in [0.2, 0.25) is 0 Å². The van der Waals surface area contributed by atoms with Crippen molar-refractivity contribution in [2.45, 2.75) is 5.41 Å². The van der Waals surface area contributed by atoms with Gasteiger partial charge in [0.05, 0.1) is 16.6 Å². The van der Waals surface area contributed by atoms with Crippen molar-refractivity contribution in [2.75, 3.05) is 0 Å². The lowest BCUT2D eigenvalue weighted by Gasteiger charge is -2.34. The van der Waals surface area contributed by atoms with Gasteiger partial charge in [-0.3, -0.25) is 9.38 Å². The Kier molecular flexibility index (Phi) is 6.04. The maximum Gasteiger partial charge on any atom is 0.145 e. The molecule has 216 valence electrons. The van der Waals surface area contributed by atoms with Crippen LogP contribution in [0.4, 0.5) is 0 Å². The maximum atomic E-state index is 5.11. The van der Waals surface area contributed by atoms with Crippen molar-refractivity contribution >= 4 is 5.52 Å². The van der Waals surface area contributed by atoms with Gasteiger partial charge < -0.3 is 0 Å². The second kappa shape index (κ2) is 10.5. The minimum Gasteiger partial charge on any atom is -0.299 e. The van der Waals surface area contributed by atoms with Crippen LogP contribution in [0, 0.1) is 0 Å². The number of pyridine rings is 2. The third-order valence-electron chi connectivity index (χ3n) is 9.39. The van der Waals surface area contributed by atoms with Gasteiger partial charge in [-0.15, -0.1) is 0 Å². The van der Waals surface area contributed by atoms with Crippen molar-refractivity contribution in [1.29, 1.82) is 0 Å². The van der Waals surface area contributed by atoms with Crippen molar-refractivity contribution in [3.63, 3.8) is 0 Å². The molecule has 1 aliphatic rings. The molecule has 0 saturated carbocycles. The van der Waals surface area contributed by atoms with E-state index >= 15 is 0 Å². The highest BCUT2D eigenvalue weighted by Gasteiger charge is 2.46. The molecule has 0 N–H and O–H groups in total. The van der Waals surface area contributed by atoms with Gasteiger partial charge >= 0.3 is 0 Å². The second-order valence-corrected chi connectivity index (χ2v) is 11.8. The first-order valence-corrected chi connectivity index (χ1v) is 15.7. The van der Waals surface area contributed by atoms with Crippen molar-refractivity contribution in [3.05, 3.63) is 198 Å². The molecule has 8 aromatic rings. The van der Waals surface area contributed by atoms with Crippen LogP contribution in [0.25, 0.3) is 50.5 Å². The molecule has 0 atom stereocenters. The first-order chi connectivity index (χ1) is 22.8. The zero-order chi connectivity index (χ0) is 30.5. The number of benzene rings is 5. The number of hydrogen-bond acceptors (Lipinski definition) is 2. The van der Waals surface area contributed by atoms with Crippen LogP contribution in [-0.2, 0) is 5.41 Å². The molecular formula is C43H29N3. The molecule has 46 heavy (non-hydrogen) atoms. The van der Waals surface area contributed by atoms with Crippen LogP contribution in [0.5, 0.6) is 0 Å². The van der Waals surface area contributed by atoms with E-state index in [2.05, 4.69) is 155 Å². The van der Waals surface area contributed by atoms with E-state index in [0.717, 1.165) is 28.3 Å². The van der Waals surface area contributed by atoms with Gasteiger partial charge in [0.15, 0.2) is 0 Å². The molecule has 3 aromatic heterocycles. The summed E-state index contributed by atoms with van der Waals surface area (Å²) < 4.78 is 2.16. The summed E-state index contributed by atoms with van der Waals surface area (Å²) in [6.45, 7) is 0. The summed E-state index contributed by atoms with van der Waals surface area (Å²) >= 11 is 0. The minimum atomic E-state index is -0.416. The molecule has 0 bridgehead atoms. The summed E-state index contributed by atoms with van der Waals surface area (Å²) in [5.41, 5.74) is 13.6. The molecule has 0 radical (unpaired) electrons. The van der Waals surface area contributed by atoms with Gasteiger partial charge in [-0.1, -0.05) is 140 Å². The summed E-state index contributed by atoms with van der Waals surface area (Å²) in [7, 11) is 0. The highest BCUT2D eigenvalue weighted by molar-refractivity contribution is 5.95. The van der Waals surface area contributed by atoms with Gasteiger partial charge in [-0.05, 0) is 68.8 Å². The monoisotopic (exact) mass is 587 g/mol. The van der Waals surface area contributed by atoms with E-state index < -0.39 is 5.41 Å². The fourth-order valence-corrected chi connectivity index (χ4v) is 7.47. The maximum absolute atomic E-state index is 5.11. The first-order valence-electron chi connectivity index (χ1n) is 15.7. The molecule has 5 aromatic carbocycles. The lowest BCUT2D eigenvalue weighted by molar-refractivity contribution is 0.768. The predicted octanol–water partition coefficient (Wildman–Crippen LogP) is 10.1. The average Bonchev–Trinajstić information content (AvgIpc) is 3.68. The van der Waals surface area contributed by atoms with Crippen LogP contribution in [0.1, 0.15) is 22.3 Å². The van der Waals surface area contributed by atoms with Crippen molar-refractivity contribution in [1.82, 2.24) is 14.4 Å². The summed E-state index contributed by atoms with van der Waals surface area (Å²) in [5.74, 6) is 0.901. The number of hydrogen-bond donors (Lipinski definition) is 0. The molecule has 3 heteroatoms. The van der Waals surface area contributed by atoms with Gasteiger partial charge in [-0.2, -0.15) is 0 Å². The molecule has 1 aliphatic carbocycles. The van der Waals surface area contributed by atoms with Crippen LogP contribution >= 0.6 is 0 Å². The number of nitrogens with zero attached hydrogens (tertiary/aromatic N) is 3. The van der Waals surface area contributed by atoms with Gasteiger partial charge in [0.2, 0.25) is 0 Å². The first kappa shape index (κ1) is 26.4. The summed E-state index contributed by atoms with van der Waals surface area (Å²) in [6, 6.07) is 58.7. The Balaban J connectivity index is 1.22. The number of imidazole rings is 1. The number of rotatable bonds is 5. The van der Waals surface area contributed by atoms with Gasteiger partial charge in [0, 0.05) is 18.0 Å². The second-order valence-electron chi connectivity index (χ2n) is 11.8. The third kappa shape index (κ3) is 3.85. The molecule has 0 amide bonds. The van der Waals surface area contributed by atoms with Crippen LogP contribution in [-0.4, -0.2) is 14.4 Å². The zero-order valence-electron chi connectivity index (χ0n) is 25.1. The fourth-order valence-electron chi connectivity index (χ4n) is 7.47. The summed E-state index contributed by atoms with van der Waals surface area (Å²) in [4.78, 5) is 9.70. The predicted molar refractivity (Wildman–Crippen MR) is 187 cm³/mol. The van der Waals surface area contributed by atoms with Crippen LogP contribution < -0.4 is 0 Å². The van der Waals surface area contributed by atoms with E-state index in [1.54, 1.807) is 0 Å². The standard InChI is InChI=1S/C43H29N3/c1-3-14-32(15-4-1)43(33-16-5-2-6-17-33)36-20-8-7-18-35(36)40-34(19-13-21-37(40)43)30-24-26-31(27-25-30)42-45-41(38-22-9-11-28-44-38)39-23-10-12-29-46(39)42/h1-29H.